The van der Waals surface area contributed by atoms with Crippen LogP contribution < -0.4 is 11.1 Å². The van der Waals surface area contributed by atoms with Crippen LogP contribution in [-0.2, 0) is 6.54 Å². The van der Waals surface area contributed by atoms with Crippen molar-refractivity contribution >= 4 is 29.5 Å². The van der Waals surface area contributed by atoms with Gasteiger partial charge in [0.25, 0.3) is 0 Å². The van der Waals surface area contributed by atoms with Crippen molar-refractivity contribution in [2.45, 2.75) is 19.4 Å². The molecule has 0 amide bonds. The fourth-order valence-corrected chi connectivity index (χ4v) is 2.78. The molecule has 1 aromatic carbocycles. The minimum Gasteiger partial charge on any atom is -0.397 e. The molecule has 2 aromatic rings. The third kappa shape index (κ3) is 2.37. The largest absolute Gasteiger partial charge is 0.397 e. The molecule has 1 fully saturated rings. The first-order chi connectivity index (χ1) is 10.7. The van der Waals surface area contributed by atoms with E-state index in [2.05, 4.69) is 10.3 Å². The molecule has 2 aliphatic rings. The van der Waals surface area contributed by atoms with Gasteiger partial charge in [0.2, 0.25) is 0 Å². The zero-order valence-corrected chi connectivity index (χ0v) is 12.7. The van der Waals surface area contributed by atoms with Crippen LogP contribution in [-0.4, -0.2) is 16.1 Å². The van der Waals surface area contributed by atoms with Crippen LogP contribution in [0.5, 0.6) is 0 Å². The molecule has 0 spiro atoms. The van der Waals surface area contributed by atoms with Crippen molar-refractivity contribution in [3.8, 4) is 11.3 Å². The molecule has 1 aliphatic heterocycles. The van der Waals surface area contributed by atoms with Gasteiger partial charge in [0.1, 0.15) is 11.5 Å². The average molecular weight is 314 g/mol. The quantitative estimate of drug-likeness (QED) is 0.913. The van der Waals surface area contributed by atoms with E-state index in [0.29, 0.717) is 16.6 Å². The third-order valence-electron chi connectivity index (χ3n) is 3.98. The van der Waals surface area contributed by atoms with Crippen molar-refractivity contribution in [3.63, 3.8) is 0 Å². The van der Waals surface area contributed by atoms with Gasteiger partial charge >= 0.3 is 0 Å². The van der Waals surface area contributed by atoms with Crippen molar-refractivity contribution < 1.29 is 0 Å². The maximum absolute atomic E-state index is 6.20. The first kappa shape index (κ1) is 13.4. The van der Waals surface area contributed by atoms with E-state index in [-0.39, 0.29) is 0 Å². The van der Waals surface area contributed by atoms with Crippen LogP contribution in [0.1, 0.15) is 18.4 Å². The second-order valence-corrected chi connectivity index (χ2v) is 6.15. The summed E-state index contributed by atoms with van der Waals surface area (Å²) >= 11 is 5.99. The molecule has 0 saturated heterocycles. The van der Waals surface area contributed by atoms with Crippen molar-refractivity contribution in [1.29, 1.82) is 0 Å². The highest BCUT2D eigenvalue weighted by Gasteiger charge is 2.27. The Balaban J connectivity index is 1.86. The second kappa shape index (κ2) is 5.18. The van der Waals surface area contributed by atoms with Gasteiger partial charge < -0.3 is 11.1 Å². The van der Waals surface area contributed by atoms with Crippen molar-refractivity contribution in [2.75, 3.05) is 5.32 Å². The highest BCUT2D eigenvalue weighted by atomic mass is 35.5. The van der Waals surface area contributed by atoms with Crippen LogP contribution in [0.2, 0.25) is 5.02 Å². The summed E-state index contributed by atoms with van der Waals surface area (Å²) in [4.78, 5) is 4.14. The van der Waals surface area contributed by atoms with Crippen LogP contribution in [0.25, 0.3) is 17.0 Å². The molecule has 22 heavy (non-hydrogen) atoms. The predicted molar refractivity (Wildman–Crippen MR) is 89.7 cm³/mol. The molecule has 2 heterocycles. The lowest BCUT2D eigenvalue weighted by Gasteiger charge is -2.07. The Kier molecular flexibility index (Phi) is 3.15. The molecule has 6 heteroatoms. The Morgan fingerprint density at radius 2 is 2.05 bits per heavy atom. The maximum Gasteiger partial charge on any atom is 0.139 e. The van der Waals surface area contributed by atoms with Gasteiger partial charge in [0.15, 0.2) is 0 Å². The van der Waals surface area contributed by atoms with Gasteiger partial charge in [-0.05, 0) is 30.9 Å². The van der Waals surface area contributed by atoms with E-state index in [1.165, 1.54) is 12.8 Å². The molecule has 0 bridgehead atoms. The number of aromatic nitrogens is 2. The lowest BCUT2D eigenvalue weighted by Crippen LogP contribution is -2.08. The Hall–Kier alpha value is -2.27. The summed E-state index contributed by atoms with van der Waals surface area (Å²) in [6.45, 7) is 0.907. The van der Waals surface area contributed by atoms with E-state index in [1.807, 2.05) is 28.9 Å². The van der Waals surface area contributed by atoms with Gasteiger partial charge in [-0.1, -0.05) is 23.7 Å². The molecule has 0 atom stereocenters. The van der Waals surface area contributed by atoms with Crippen LogP contribution in [0, 0.1) is 5.92 Å². The number of nitrogens with one attached hydrogen (secondary N) is 1. The molecular formula is C16H16ClN5. The standard InChI is InChI=1S/C16H16ClN5/c17-12-5-3-11(4-6-12)15-14-13(18)7-19-9-20-16(14)22(21-15)8-10-1-2-10/h3-7,9-10H,1-2,8,18H2,(H,19,20). The molecule has 1 saturated carbocycles. The van der Waals surface area contributed by atoms with Gasteiger partial charge in [-0.25, -0.2) is 9.67 Å². The first-order valence-corrected chi connectivity index (χ1v) is 7.71. The van der Waals surface area contributed by atoms with E-state index in [0.717, 1.165) is 29.2 Å². The summed E-state index contributed by atoms with van der Waals surface area (Å²) in [6, 6.07) is 7.66. The number of aliphatic imine (C=N–C) groups is 1. The minimum absolute atomic E-state index is 0.614. The average Bonchev–Trinajstić information content (AvgIpc) is 3.27. The van der Waals surface area contributed by atoms with Crippen molar-refractivity contribution in [2.24, 2.45) is 16.6 Å². The van der Waals surface area contributed by atoms with Crippen molar-refractivity contribution in [1.82, 2.24) is 9.78 Å². The summed E-state index contributed by atoms with van der Waals surface area (Å²) in [5.74, 6) is 1.63. The number of benzene rings is 1. The van der Waals surface area contributed by atoms with Crippen LogP contribution in [0.15, 0.2) is 35.5 Å². The molecule has 1 aliphatic carbocycles. The summed E-state index contributed by atoms with van der Waals surface area (Å²) in [7, 11) is 0. The Morgan fingerprint density at radius 3 is 2.77 bits per heavy atom. The van der Waals surface area contributed by atoms with Crippen molar-refractivity contribution in [3.05, 3.63) is 41.1 Å². The summed E-state index contributed by atoms with van der Waals surface area (Å²) in [5, 5.41) is 8.71. The Bertz CT molecular complexity index is 769. The minimum atomic E-state index is 0.614. The molecule has 4 rings (SSSR count). The fourth-order valence-electron chi connectivity index (χ4n) is 2.65. The molecule has 3 N–H and O–H groups in total. The Labute approximate surface area is 133 Å². The van der Waals surface area contributed by atoms with Gasteiger partial charge in [0, 0.05) is 17.1 Å². The summed E-state index contributed by atoms with van der Waals surface area (Å²) < 4.78 is 2.01. The van der Waals surface area contributed by atoms with E-state index in [1.54, 1.807) is 12.5 Å². The highest BCUT2D eigenvalue weighted by Crippen LogP contribution is 2.37. The molecular weight excluding hydrogens is 298 g/mol. The molecule has 1 aromatic heterocycles. The van der Waals surface area contributed by atoms with Gasteiger partial charge in [-0.3, -0.25) is 0 Å². The predicted octanol–water partition coefficient (Wildman–Crippen LogP) is 3.32. The zero-order chi connectivity index (χ0) is 15.1. The molecule has 0 unspecified atom stereocenters. The van der Waals surface area contributed by atoms with Gasteiger partial charge in [-0.15, -0.1) is 0 Å². The molecule has 0 radical (unpaired) electrons. The number of anilines is 1. The zero-order valence-electron chi connectivity index (χ0n) is 12.0. The first-order valence-electron chi connectivity index (χ1n) is 7.33. The lowest BCUT2D eigenvalue weighted by atomic mass is 10.1. The SMILES string of the molecule is NC1=CN=CNc2c1c(-c1ccc(Cl)cc1)nn2CC1CC1. The normalized spacial score (nSPS) is 16.7. The molecule has 5 nitrogen and oxygen atoms in total. The topological polar surface area (TPSA) is 68.2 Å². The fraction of sp³-hybridized carbons (Fsp3) is 0.250. The summed E-state index contributed by atoms with van der Waals surface area (Å²) in [5.41, 5.74) is 9.58. The van der Waals surface area contributed by atoms with Gasteiger partial charge in [0.05, 0.1) is 23.8 Å². The number of hydrogen-bond donors (Lipinski definition) is 2. The smallest absolute Gasteiger partial charge is 0.139 e. The summed E-state index contributed by atoms with van der Waals surface area (Å²) in [6.07, 6.45) is 5.84. The van der Waals surface area contributed by atoms with E-state index >= 15 is 0 Å². The highest BCUT2D eigenvalue weighted by molar-refractivity contribution is 6.30. The van der Waals surface area contributed by atoms with E-state index in [9.17, 15) is 0 Å². The van der Waals surface area contributed by atoms with Gasteiger partial charge in [-0.2, -0.15) is 5.10 Å². The van der Waals surface area contributed by atoms with E-state index in [4.69, 9.17) is 22.4 Å². The van der Waals surface area contributed by atoms with E-state index < -0.39 is 0 Å². The lowest BCUT2D eigenvalue weighted by molar-refractivity contribution is 0.572. The number of nitrogens with zero attached hydrogens (tertiary/aromatic N) is 3. The number of nitrogens with two attached hydrogens (primary N) is 1. The monoisotopic (exact) mass is 313 g/mol. The maximum atomic E-state index is 6.20. The number of hydrogen-bond acceptors (Lipinski definition) is 4. The number of rotatable bonds is 3. The Morgan fingerprint density at radius 1 is 1.27 bits per heavy atom. The third-order valence-corrected chi connectivity index (χ3v) is 4.23. The second-order valence-electron chi connectivity index (χ2n) is 5.71. The number of fused-ring (bicyclic) bond motifs is 1. The molecule has 112 valence electrons. The van der Waals surface area contributed by atoms with Crippen LogP contribution >= 0.6 is 11.6 Å². The van der Waals surface area contributed by atoms with Crippen LogP contribution in [0.4, 0.5) is 5.82 Å². The number of halogens is 1. The van der Waals surface area contributed by atoms with Crippen LogP contribution in [0.3, 0.4) is 0 Å².